The molecule has 1 saturated carbocycles. The Balaban J connectivity index is 1.84. The van der Waals surface area contributed by atoms with Gasteiger partial charge in [-0.05, 0) is 43.2 Å². The topological polar surface area (TPSA) is 60.7 Å². The predicted octanol–water partition coefficient (Wildman–Crippen LogP) is 2.92. The Bertz CT molecular complexity index is 700. The Morgan fingerprint density at radius 3 is 2.70 bits per heavy atom. The minimum atomic E-state index is -0.885. The molecule has 1 aromatic heterocycles. The van der Waals surface area contributed by atoms with E-state index in [1.54, 1.807) is 6.07 Å². The average Bonchev–Trinajstić information content (AvgIpc) is 3.02. The molecule has 1 aliphatic carbocycles. The number of benzene rings is 1. The van der Waals surface area contributed by atoms with Crippen molar-refractivity contribution >= 4 is 5.97 Å². The van der Waals surface area contributed by atoms with Crippen LogP contribution in [0.1, 0.15) is 29.4 Å². The van der Waals surface area contributed by atoms with Crippen LogP contribution >= 0.6 is 0 Å². The quantitative estimate of drug-likeness (QED) is 0.932. The predicted molar refractivity (Wildman–Crippen MR) is 71.2 cm³/mol. The van der Waals surface area contributed by atoms with Gasteiger partial charge in [-0.1, -0.05) is 0 Å². The summed E-state index contributed by atoms with van der Waals surface area (Å²) in [5.74, 6) is 0.559. The van der Waals surface area contributed by atoms with Crippen LogP contribution in [-0.4, -0.2) is 22.4 Å². The first-order valence-electron chi connectivity index (χ1n) is 6.58. The third kappa shape index (κ3) is 1.66. The number of fused-ring (bicyclic) bond motifs is 1. The van der Waals surface area contributed by atoms with Gasteiger partial charge in [0.25, 0.3) is 0 Å². The summed E-state index contributed by atoms with van der Waals surface area (Å²) in [4.78, 5) is 11.3. The maximum absolute atomic E-state index is 11.3. The number of hydrogen-bond acceptors (Lipinski definition) is 3. The van der Waals surface area contributed by atoms with Crippen molar-refractivity contribution < 1.29 is 19.4 Å². The van der Waals surface area contributed by atoms with E-state index in [-0.39, 0.29) is 6.79 Å². The van der Waals surface area contributed by atoms with Crippen molar-refractivity contribution in [3.05, 3.63) is 36.0 Å². The van der Waals surface area contributed by atoms with Gasteiger partial charge in [-0.15, -0.1) is 0 Å². The molecule has 4 rings (SSSR count). The van der Waals surface area contributed by atoms with Crippen molar-refractivity contribution in [3.8, 4) is 22.8 Å². The van der Waals surface area contributed by atoms with Gasteiger partial charge in [-0.3, -0.25) is 0 Å². The van der Waals surface area contributed by atoms with Crippen LogP contribution in [0.5, 0.6) is 11.5 Å². The van der Waals surface area contributed by atoms with E-state index in [1.807, 2.05) is 28.8 Å². The van der Waals surface area contributed by atoms with Crippen LogP contribution < -0.4 is 9.47 Å². The minimum Gasteiger partial charge on any atom is -0.477 e. The molecule has 1 aromatic carbocycles. The normalized spacial score (nSPS) is 16.4. The minimum absolute atomic E-state index is 0.239. The Labute approximate surface area is 115 Å². The molecule has 102 valence electrons. The maximum atomic E-state index is 11.3. The molecule has 0 bridgehead atoms. The molecule has 0 unspecified atom stereocenters. The van der Waals surface area contributed by atoms with Crippen molar-refractivity contribution in [3.63, 3.8) is 0 Å². The molecule has 1 N–H and O–H groups in total. The number of hydrogen-bond donors (Lipinski definition) is 1. The Morgan fingerprint density at radius 1 is 1.15 bits per heavy atom. The van der Waals surface area contributed by atoms with Crippen LogP contribution in [0, 0.1) is 0 Å². The molecule has 2 aliphatic rings. The van der Waals surface area contributed by atoms with E-state index in [1.165, 1.54) is 0 Å². The number of aromatic carboxylic acids is 1. The van der Waals surface area contributed by atoms with Gasteiger partial charge >= 0.3 is 5.97 Å². The smallest absolute Gasteiger partial charge is 0.352 e. The fourth-order valence-corrected chi connectivity index (χ4v) is 2.64. The third-order valence-electron chi connectivity index (χ3n) is 3.72. The number of carboxylic acid groups (broad SMARTS) is 1. The van der Waals surface area contributed by atoms with Crippen molar-refractivity contribution in [1.82, 2.24) is 4.57 Å². The summed E-state index contributed by atoms with van der Waals surface area (Å²) in [7, 11) is 0. The number of rotatable bonds is 3. The number of aromatic nitrogens is 1. The van der Waals surface area contributed by atoms with E-state index in [4.69, 9.17) is 9.47 Å². The van der Waals surface area contributed by atoms with Gasteiger partial charge in [-0.25, -0.2) is 4.79 Å². The number of nitrogens with zero attached hydrogens (tertiary/aromatic N) is 1. The van der Waals surface area contributed by atoms with Crippen LogP contribution in [-0.2, 0) is 0 Å². The summed E-state index contributed by atoms with van der Waals surface area (Å²) in [5.41, 5.74) is 2.22. The molecule has 0 atom stereocenters. The third-order valence-corrected chi connectivity index (χ3v) is 3.72. The Morgan fingerprint density at radius 2 is 1.95 bits per heavy atom. The summed E-state index contributed by atoms with van der Waals surface area (Å²) in [5, 5.41) is 9.29. The van der Waals surface area contributed by atoms with E-state index in [9.17, 15) is 9.90 Å². The summed E-state index contributed by atoms with van der Waals surface area (Å²) in [6.07, 6.45) is 2.07. The summed E-state index contributed by atoms with van der Waals surface area (Å²) in [6, 6.07) is 9.54. The molecule has 0 saturated heterocycles. The SMILES string of the molecule is O=C(O)c1ccc(-c2ccc3c(c2)OCO3)n1C1CC1. The van der Waals surface area contributed by atoms with Gasteiger partial charge in [0.05, 0.1) is 0 Å². The molecule has 5 nitrogen and oxygen atoms in total. The zero-order valence-electron chi connectivity index (χ0n) is 10.7. The van der Waals surface area contributed by atoms with Crippen LogP contribution in [0.15, 0.2) is 30.3 Å². The van der Waals surface area contributed by atoms with Gasteiger partial charge in [0.15, 0.2) is 11.5 Å². The lowest BCUT2D eigenvalue weighted by molar-refractivity contribution is 0.0685. The van der Waals surface area contributed by atoms with Crippen LogP contribution in [0.25, 0.3) is 11.3 Å². The van der Waals surface area contributed by atoms with Crippen LogP contribution in [0.3, 0.4) is 0 Å². The zero-order chi connectivity index (χ0) is 13.7. The molecule has 5 heteroatoms. The second-order valence-corrected chi connectivity index (χ2v) is 5.08. The fourth-order valence-electron chi connectivity index (χ4n) is 2.64. The lowest BCUT2D eigenvalue weighted by Gasteiger charge is -2.11. The van der Waals surface area contributed by atoms with Crippen molar-refractivity contribution in [2.45, 2.75) is 18.9 Å². The standard InChI is InChI=1S/C15H13NO4/c17-15(18)12-5-4-11(16(12)10-2-3-10)9-1-6-13-14(7-9)20-8-19-13/h1,4-7,10H,2-3,8H2,(H,17,18). The van der Waals surface area contributed by atoms with Crippen molar-refractivity contribution in [2.75, 3.05) is 6.79 Å². The highest BCUT2D eigenvalue weighted by molar-refractivity contribution is 5.88. The molecule has 1 fully saturated rings. The molecule has 1 aliphatic heterocycles. The first-order chi connectivity index (χ1) is 9.74. The largest absolute Gasteiger partial charge is 0.477 e. The molecule has 0 radical (unpaired) electrons. The molecule has 2 aromatic rings. The molecular weight excluding hydrogens is 258 g/mol. The zero-order valence-corrected chi connectivity index (χ0v) is 10.7. The first kappa shape index (κ1) is 11.4. The van der Waals surface area contributed by atoms with Crippen molar-refractivity contribution in [2.24, 2.45) is 0 Å². The second-order valence-electron chi connectivity index (χ2n) is 5.08. The highest BCUT2D eigenvalue weighted by Gasteiger charge is 2.30. The van der Waals surface area contributed by atoms with Crippen LogP contribution in [0.4, 0.5) is 0 Å². The monoisotopic (exact) mass is 271 g/mol. The second kappa shape index (κ2) is 4.03. The highest BCUT2D eigenvalue weighted by atomic mass is 16.7. The molecule has 2 heterocycles. The van der Waals surface area contributed by atoms with Gasteiger partial charge < -0.3 is 19.1 Å². The maximum Gasteiger partial charge on any atom is 0.352 e. The van der Waals surface area contributed by atoms with Gasteiger partial charge in [0.2, 0.25) is 6.79 Å². The molecular formula is C15H13NO4. The summed E-state index contributed by atoms with van der Waals surface area (Å²) >= 11 is 0. The lowest BCUT2D eigenvalue weighted by atomic mass is 10.1. The Hall–Kier alpha value is -2.43. The van der Waals surface area contributed by atoms with Gasteiger partial charge in [0, 0.05) is 17.3 Å². The van der Waals surface area contributed by atoms with E-state index in [0.29, 0.717) is 17.5 Å². The summed E-state index contributed by atoms with van der Waals surface area (Å²) < 4.78 is 12.6. The molecule has 0 amide bonds. The van der Waals surface area contributed by atoms with Gasteiger partial charge in [-0.2, -0.15) is 0 Å². The highest BCUT2D eigenvalue weighted by Crippen LogP contribution is 2.42. The van der Waals surface area contributed by atoms with E-state index in [0.717, 1.165) is 29.8 Å². The number of carboxylic acids is 1. The lowest BCUT2D eigenvalue weighted by Crippen LogP contribution is -2.08. The van der Waals surface area contributed by atoms with Crippen LogP contribution in [0.2, 0.25) is 0 Å². The average molecular weight is 271 g/mol. The Kier molecular flexibility index (Phi) is 2.30. The van der Waals surface area contributed by atoms with Gasteiger partial charge in [0.1, 0.15) is 5.69 Å². The first-order valence-corrected chi connectivity index (χ1v) is 6.58. The van der Waals surface area contributed by atoms with E-state index >= 15 is 0 Å². The molecule has 20 heavy (non-hydrogen) atoms. The molecule has 0 spiro atoms. The number of carbonyl (C=O) groups is 1. The van der Waals surface area contributed by atoms with Crippen molar-refractivity contribution in [1.29, 1.82) is 0 Å². The fraction of sp³-hybridized carbons (Fsp3) is 0.267. The summed E-state index contributed by atoms with van der Waals surface area (Å²) in [6.45, 7) is 0.239. The number of ether oxygens (including phenoxy) is 2. The van der Waals surface area contributed by atoms with E-state index in [2.05, 4.69) is 0 Å². The van der Waals surface area contributed by atoms with E-state index < -0.39 is 5.97 Å².